The van der Waals surface area contributed by atoms with Gasteiger partial charge in [-0.2, -0.15) is 0 Å². The lowest BCUT2D eigenvalue weighted by molar-refractivity contribution is 0.0985. The first-order valence-electron chi connectivity index (χ1n) is 10.0. The molecule has 0 atom stereocenters. The van der Waals surface area contributed by atoms with Crippen molar-refractivity contribution in [3.05, 3.63) is 89.0 Å². The van der Waals surface area contributed by atoms with Gasteiger partial charge in [0.15, 0.2) is 5.13 Å². The monoisotopic (exact) mass is 432 g/mol. The Labute approximate surface area is 185 Å². The summed E-state index contributed by atoms with van der Waals surface area (Å²) in [5, 5.41) is 0.737. The van der Waals surface area contributed by atoms with Crippen LogP contribution in [0.1, 0.15) is 34.0 Å². The van der Waals surface area contributed by atoms with Crippen molar-refractivity contribution < 1.29 is 4.79 Å². The van der Waals surface area contributed by atoms with Crippen molar-refractivity contribution in [3.63, 3.8) is 0 Å². The zero-order chi connectivity index (χ0) is 21.1. The maximum Gasteiger partial charge on any atom is 0.260 e. The summed E-state index contributed by atoms with van der Waals surface area (Å²) >= 11 is 3.32. The highest BCUT2D eigenvalue weighted by molar-refractivity contribution is 7.99. The van der Waals surface area contributed by atoms with Crippen LogP contribution in [0.15, 0.2) is 71.6 Å². The summed E-state index contributed by atoms with van der Waals surface area (Å²) in [4.78, 5) is 21.4. The van der Waals surface area contributed by atoms with Gasteiger partial charge in [-0.1, -0.05) is 60.7 Å². The SMILES string of the molecule is CCSc1cccc(C(=O)N(Cc2ccccc2)c2nc3c(C)c(C)ccc3s2)c1. The van der Waals surface area contributed by atoms with Crippen LogP contribution in [-0.2, 0) is 6.54 Å². The van der Waals surface area contributed by atoms with E-state index in [1.807, 2.05) is 53.4 Å². The first-order valence-corrected chi connectivity index (χ1v) is 11.8. The van der Waals surface area contributed by atoms with E-state index in [1.54, 1.807) is 23.1 Å². The average Bonchev–Trinajstić information content (AvgIpc) is 3.20. The largest absolute Gasteiger partial charge is 0.279 e. The van der Waals surface area contributed by atoms with Gasteiger partial charge in [-0.15, -0.1) is 11.8 Å². The van der Waals surface area contributed by atoms with E-state index in [-0.39, 0.29) is 5.91 Å². The predicted octanol–water partition coefficient (Wildman–Crippen LogP) is 6.87. The van der Waals surface area contributed by atoms with Crippen LogP contribution in [0.2, 0.25) is 0 Å². The van der Waals surface area contributed by atoms with E-state index in [1.165, 1.54) is 11.1 Å². The Hall–Kier alpha value is -2.63. The molecule has 1 amide bonds. The molecule has 3 aromatic carbocycles. The number of benzene rings is 3. The predicted molar refractivity (Wildman–Crippen MR) is 129 cm³/mol. The lowest BCUT2D eigenvalue weighted by atomic mass is 10.1. The molecule has 30 heavy (non-hydrogen) atoms. The Morgan fingerprint density at radius 1 is 1.03 bits per heavy atom. The van der Waals surface area contributed by atoms with Crippen LogP contribution in [0.3, 0.4) is 0 Å². The molecular formula is C25H24N2OS2. The Morgan fingerprint density at radius 3 is 2.60 bits per heavy atom. The van der Waals surface area contributed by atoms with E-state index in [2.05, 4.69) is 39.0 Å². The molecule has 1 heterocycles. The number of aromatic nitrogens is 1. The molecule has 4 aromatic rings. The van der Waals surface area contributed by atoms with Gasteiger partial charge in [0.1, 0.15) is 0 Å². The van der Waals surface area contributed by atoms with E-state index < -0.39 is 0 Å². The third-order valence-corrected chi connectivity index (χ3v) is 7.04. The Kier molecular flexibility index (Phi) is 6.21. The Morgan fingerprint density at radius 2 is 1.83 bits per heavy atom. The van der Waals surface area contributed by atoms with Crippen LogP contribution in [0.5, 0.6) is 0 Å². The van der Waals surface area contributed by atoms with Crippen molar-refractivity contribution in [3.8, 4) is 0 Å². The van der Waals surface area contributed by atoms with E-state index in [9.17, 15) is 4.79 Å². The highest BCUT2D eigenvalue weighted by Crippen LogP contribution is 2.33. The molecular weight excluding hydrogens is 408 g/mol. The molecule has 0 aliphatic rings. The number of hydrogen-bond acceptors (Lipinski definition) is 4. The molecule has 0 N–H and O–H groups in total. The molecule has 1 aromatic heterocycles. The number of fused-ring (bicyclic) bond motifs is 1. The van der Waals surface area contributed by atoms with Crippen molar-refractivity contribution in [2.24, 2.45) is 0 Å². The standard InChI is InChI=1S/C25H24N2OS2/c1-4-29-21-12-8-11-20(15-21)24(28)27(16-19-9-6-5-7-10-19)25-26-23-18(3)17(2)13-14-22(23)30-25/h5-15H,4,16H2,1-3H3. The van der Waals surface area contributed by atoms with Gasteiger partial charge in [-0.05, 0) is 60.6 Å². The Bertz CT molecular complexity index is 1180. The van der Waals surface area contributed by atoms with Crippen molar-refractivity contribution >= 4 is 44.4 Å². The number of rotatable bonds is 6. The lowest BCUT2D eigenvalue weighted by Gasteiger charge is -2.20. The fourth-order valence-electron chi connectivity index (χ4n) is 3.36. The van der Waals surface area contributed by atoms with Crippen LogP contribution in [0.4, 0.5) is 5.13 Å². The summed E-state index contributed by atoms with van der Waals surface area (Å²) in [5.41, 5.74) is 5.14. The zero-order valence-corrected chi connectivity index (χ0v) is 19.0. The fourth-order valence-corrected chi connectivity index (χ4v) is 5.10. The normalized spacial score (nSPS) is 11.0. The molecule has 0 radical (unpaired) electrons. The van der Waals surface area contributed by atoms with Gasteiger partial charge < -0.3 is 0 Å². The number of nitrogens with zero attached hydrogens (tertiary/aromatic N) is 2. The van der Waals surface area contributed by atoms with Crippen molar-refractivity contribution in [2.45, 2.75) is 32.2 Å². The third-order valence-electron chi connectivity index (χ3n) is 5.13. The minimum absolute atomic E-state index is 0.0224. The van der Waals surface area contributed by atoms with Gasteiger partial charge in [0.2, 0.25) is 0 Å². The zero-order valence-electron chi connectivity index (χ0n) is 17.4. The van der Waals surface area contributed by atoms with Crippen LogP contribution < -0.4 is 4.90 Å². The quantitative estimate of drug-likeness (QED) is 0.312. The van der Waals surface area contributed by atoms with Gasteiger partial charge in [0.05, 0.1) is 16.8 Å². The first kappa shape index (κ1) is 20.6. The number of amides is 1. The van der Waals surface area contributed by atoms with Crippen molar-refractivity contribution in [1.29, 1.82) is 0 Å². The topological polar surface area (TPSA) is 33.2 Å². The lowest BCUT2D eigenvalue weighted by Crippen LogP contribution is -2.30. The fraction of sp³-hybridized carbons (Fsp3) is 0.200. The maximum absolute atomic E-state index is 13.6. The number of thiazole rings is 1. The van der Waals surface area contributed by atoms with E-state index in [0.717, 1.165) is 31.6 Å². The van der Waals surface area contributed by atoms with Crippen LogP contribution in [0, 0.1) is 13.8 Å². The Balaban J connectivity index is 1.77. The second-order valence-corrected chi connectivity index (χ2v) is 9.53. The molecule has 0 unspecified atom stereocenters. The molecule has 0 aliphatic heterocycles. The number of carbonyl (C=O) groups is 1. The van der Waals surface area contributed by atoms with E-state index >= 15 is 0 Å². The highest BCUT2D eigenvalue weighted by atomic mass is 32.2. The maximum atomic E-state index is 13.6. The number of hydrogen-bond donors (Lipinski definition) is 0. The van der Waals surface area contributed by atoms with Crippen LogP contribution >= 0.6 is 23.1 Å². The van der Waals surface area contributed by atoms with Gasteiger partial charge in [0.25, 0.3) is 5.91 Å². The molecule has 152 valence electrons. The van der Waals surface area contributed by atoms with E-state index in [0.29, 0.717) is 12.1 Å². The number of carbonyl (C=O) groups excluding carboxylic acids is 1. The van der Waals surface area contributed by atoms with Crippen LogP contribution in [-0.4, -0.2) is 16.6 Å². The molecule has 0 bridgehead atoms. The van der Waals surface area contributed by atoms with E-state index in [4.69, 9.17) is 4.98 Å². The average molecular weight is 433 g/mol. The third kappa shape index (κ3) is 4.27. The van der Waals surface area contributed by atoms with Gasteiger partial charge in [-0.25, -0.2) is 4.98 Å². The van der Waals surface area contributed by atoms with Crippen LogP contribution in [0.25, 0.3) is 10.2 Å². The summed E-state index contributed by atoms with van der Waals surface area (Å²) < 4.78 is 1.11. The van der Waals surface area contributed by atoms with Gasteiger partial charge >= 0.3 is 0 Å². The van der Waals surface area contributed by atoms with Crippen molar-refractivity contribution in [2.75, 3.05) is 10.7 Å². The molecule has 0 saturated carbocycles. The number of thioether (sulfide) groups is 1. The second-order valence-electron chi connectivity index (χ2n) is 7.19. The molecule has 0 spiro atoms. The summed E-state index contributed by atoms with van der Waals surface area (Å²) in [6, 6.07) is 22.2. The first-order chi connectivity index (χ1) is 14.6. The van der Waals surface area contributed by atoms with Gasteiger partial charge in [-0.3, -0.25) is 9.69 Å². The minimum Gasteiger partial charge on any atom is -0.279 e. The summed E-state index contributed by atoms with van der Waals surface area (Å²) in [6.07, 6.45) is 0. The molecule has 4 rings (SSSR count). The molecule has 0 aliphatic carbocycles. The summed E-state index contributed by atoms with van der Waals surface area (Å²) in [7, 11) is 0. The van der Waals surface area contributed by atoms with Crippen molar-refractivity contribution in [1.82, 2.24) is 4.98 Å². The molecule has 0 saturated heterocycles. The number of anilines is 1. The number of aryl methyl sites for hydroxylation is 2. The highest BCUT2D eigenvalue weighted by Gasteiger charge is 2.22. The second kappa shape index (κ2) is 9.02. The summed E-state index contributed by atoms with van der Waals surface area (Å²) in [5.74, 6) is 0.952. The minimum atomic E-state index is -0.0224. The molecule has 3 nitrogen and oxygen atoms in total. The smallest absolute Gasteiger partial charge is 0.260 e. The molecule has 5 heteroatoms. The molecule has 0 fully saturated rings. The summed E-state index contributed by atoms with van der Waals surface area (Å²) in [6.45, 7) is 6.79. The van der Waals surface area contributed by atoms with Gasteiger partial charge in [0, 0.05) is 10.5 Å².